The summed E-state index contributed by atoms with van der Waals surface area (Å²) in [6, 6.07) is 15.8. The number of ether oxygens (including phenoxy) is 1. The number of fused-ring (bicyclic) bond motifs is 2. The SMILES string of the molecule is CN(C)C(=O)N1Cc2ccccc2OC2(CCN(C(=O)c3c[nH]c4ccccc34)CC2)C1. The number of carbonyl (C=O) groups excluding carboxylic acids is 2. The molecule has 0 saturated carbocycles. The lowest BCUT2D eigenvalue weighted by atomic mass is 9.90. The van der Waals surface area contributed by atoms with E-state index in [4.69, 9.17) is 4.74 Å². The number of rotatable bonds is 1. The Labute approximate surface area is 187 Å². The zero-order chi connectivity index (χ0) is 22.3. The fraction of sp³-hybridized carbons (Fsp3) is 0.360. The van der Waals surface area contributed by atoms with Crippen LogP contribution in [0.4, 0.5) is 4.79 Å². The number of hydrogen-bond donors (Lipinski definition) is 1. The van der Waals surface area contributed by atoms with E-state index in [0.29, 0.717) is 44.6 Å². The lowest BCUT2D eigenvalue weighted by Gasteiger charge is -2.43. The fourth-order valence-electron chi connectivity index (χ4n) is 4.82. The molecule has 0 aliphatic carbocycles. The normalized spacial score (nSPS) is 17.6. The highest BCUT2D eigenvalue weighted by Crippen LogP contribution is 2.36. The van der Waals surface area contributed by atoms with Gasteiger partial charge in [0.2, 0.25) is 0 Å². The summed E-state index contributed by atoms with van der Waals surface area (Å²) >= 11 is 0. The summed E-state index contributed by atoms with van der Waals surface area (Å²) < 4.78 is 6.58. The van der Waals surface area contributed by atoms with E-state index in [1.165, 1.54) is 0 Å². The Balaban J connectivity index is 1.38. The Morgan fingerprint density at radius 2 is 1.72 bits per heavy atom. The summed E-state index contributed by atoms with van der Waals surface area (Å²) in [5.41, 5.74) is 2.17. The summed E-state index contributed by atoms with van der Waals surface area (Å²) in [5, 5.41) is 0.945. The first kappa shape index (κ1) is 20.4. The minimum atomic E-state index is -0.505. The number of aromatic nitrogens is 1. The maximum Gasteiger partial charge on any atom is 0.319 e. The van der Waals surface area contributed by atoms with E-state index in [1.807, 2.05) is 58.3 Å². The number of para-hydroxylation sites is 2. The van der Waals surface area contributed by atoms with E-state index < -0.39 is 5.60 Å². The molecular formula is C25H28N4O3. The number of urea groups is 1. The van der Waals surface area contributed by atoms with E-state index in [1.54, 1.807) is 25.2 Å². The van der Waals surface area contributed by atoms with Crippen molar-refractivity contribution >= 4 is 22.8 Å². The monoisotopic (exact) mass is 432 g/mol. The van der Waals surface area contributed by atoms with E-state index in [2.05, 4.69) is 4.98 Å². The van der Waals surface area contributed by atoms with Crippen molar-refractivity contribution in [2.45, 2.75) is 25.0 Å². The number of aromatic amines is 1. The van der Waals surface area contributed by atoms with Crippen LogP contribution in [-0.4, -0.2) is 71.0 Å². The highest BCUT2D eigenvalue weighted by molar-refractivity contribution is 6.06. The van der Waals surface area contributed by atoms with Crippen LogP contribution in [0.15, 0.2) is 54.7 Å². The summed E-state index contributed by atoms with van der Waals surface area (Å²) in [7, 11) is 3.55. The Hall–Kier alpha value is -3.48. The van der Waals surface area contributed by atoms with Gasteiger partial charge < -0.3 is 24.4 Å². The zero-order valence-corrected chi connectivity index (χ0v) is 18.5. The molecule has 32 heavy (non-hydrogen) atoms. The summed E-state index contributed by atoms with van der Waals surface area (Å²) in [5.74, 6) is 0.866. The first-order valence-corrected chi connectivity index (χ1v) is 11.0. The minimum Gasteiger partial charge on any atom is -0.485 e. The van der Waals surface area contributed by atoms with Gasteiger partial charge in [-0.15, -0.1) is 0 Å². The van der Waals surface area contributed by atoms with Gasteiger partial charge in [0, 0.05) is 62.7 Å². The second-order valence-electron chi connectivity index (χ2n) is 8.97. The average Bonchev–Trinajstić information content (AvgIpc) is 3.16. The first-order valence-electron chi connectivity index (χ1n) is 11.0. The number of benzene rings is 2. The predicted octanol–water partition coefficient (Wildman–Crippen LogP) is 3.72. The molecule has 0 bridgehead atoms. The Morgan fingerprint density at radius 1 is 1.00 bits per heavy atom. The van der Waals surface area contributed by atoms with Crippen molar-refractivity contribution in [1.29, 1.82) is 0 Å². The highest BCUT2D eigenvalue weighted by atomic mass is 16.5. The Morgan fingerprint density at radius 3 is 2.50 bits per heavy atom. The number of piperidine rings is 1. The van der Waals surface area contributed by atoms with Crippen molar-refractivity contribution in [1.82, 2.24) is 19.7 Å². The molecule has 5 rings (SSSR count). The molecule has 2 aromatic carbocycles. The van der Waals surface area contributed by atoms with Crippen molar-refractivity contribution < 1.29 is 14.3 Å². The van der Waals surface area contributed by atoms with Crippen molar-refractivity contribution in [2.75, 3.05) is 33.7 Å². The second kappa shape index (κ2) is 7.89. The third-order valence-corrected chi connectivity index (χ3v) is 6.57. The third-order valence-electron chi connectivity index (χ3n) is 6.57. The second-order valence-corrected chi connectivity index (χ2v) is 8.97. The molecule has 0 radical (unpaired) electrons. The molecule has 1 N–H and O–H groups in total. The van der Waals surface area contributed by atoms with E-state index in [-0.39, 0.29) is 11.9 Å². The zero-order valence-electron chi connectivity index (χ0n) is 18.5. The molecule has 166 valence electrons. The Kier molecular flexibility index (Phi) is 5.04. The smallest absolute Gasteiger partial charge is 0.319 e. The molecule has 1 aromatic heterocycles. The van der Waals surface area contributed by atoms with Crippen LogP contribution in [0, 0.1) is 0 Å². The van der Waals surface area contributed by atoms with Gasteiger partial charge in [-0.2, -0.15) is 0 Å². The quantitative estimate of drug-likeness (QED) is 0.637. The summed E-state index contributed by atoms with van der Waals surface area (Å²) in [6.07, 6.45) is 3.15. The van der Waals surface area contributed by atoms with Crippen LogP contribution >= 0.6 is 0 Å². The molecule has 1 saturated heterocycles. The van der Waals surface area contributed by atoms with E-state index >= 15 is 0 Å². The van der Waals surface area contributed by atoms with Gasteiger partial charge >= 0.3 is 6.03 Å². The van der Waals surface area contributed by atoms with E-state index in [9.17, 15) is 9.59 Å². The molecule has 7 heteroatoms. The van der Waals surface area contributed by atoms with Gasteiger partial charge in [-0.3, -0.25) is 4.79 Å². The lowest BCUT2D eigenvalue weighted by Crippen LogP contribution is -2.56. The maximum atomic E-state index is 13.3. The fourth-order valence-corrected chi connectivity index (χ4v) is 4.82. The van der Waals surface area contributed by atoms with Crippen LogP contribution in [-0.2, 0) is 6.54 Å². The van der Waals surface area contributed by atoms with Crippen LogP contribution in [0.1, 0.15) is 28.8 Å². The standard InChI is InChI=1S/C25H28N4O3/c1-27(2)24(31)29-16-18-7-3-6-10-22(18)32-25(17-29)11-13-28(14-12-25)23(30)20-15-26-21-9-5-4-8-19(20)21/h3-10,15,26H,11-14,16-17H2,1-2H3. The van der Waals surface area contributed by atoms with Crippen molar-refractivity contribution in [3.63, 3.8) is 0 Å². The lowest BCUT2D eigenvalue weighted by molar-refractivity contribution is -0.00945. The predicted molar refractivity (Wildman–Crippen MR) is 123 cm³/mol. The number of likely N-dealkylation sites (tertiary alicyclic amines) is 1. The highest BCUT2D eigenvalue weighted by Gasteiger charge is 2.43. The van der Waals surface area contributed by atoms with Crippen molar-refractivity contribution in [3.8, 4) is 5.75 Å². The number of carbonyl (C=O) groups is 2. The maximum absolute atomic E-state index is 13.3. The average molecular weight is 433 g/mol. The van der Waals surface area contributed by atoms with Gasteiger partial charge in [-0.25, -0.2) is 4.79 Å². The summed E-state index contributed by atoms with van der Waals surface area (Å²) in [4.78, 5) is 34.7. The molecule has 2 aliphatic rings. The van der Waals surface area contributed by atoms with Crippen LogP contribution in [0.25, 0.3) is 10.9 Å². The van der Waals surface area contributed by atoms with Gasteiger partial charge in [0.25, 0.3) is 5.91 Å². The number of amides is 3. The number of H-pyrrole nitrogens is 1. The van der Waals surface area contributed by atoms with Crippen molar-refractivity contribution in [2.24, 2.45) is 0 Å². The largest absolute Gasteiger partial charge is 0.485 e. The van der Waals surface area contributed by atoms with Crippen LogP contribution < -0.4 is 4.74 Å². The van der Waals surface area contributed by atoms with Gasteiger partial charge in [-0.1, -0.05) is 36.4 Å². The number of nitrogens with one attached hydrogen (secondary N) is 1. The molecule has 2 aliphatic heterocycles. The van der Waals surface area contributed by atoms with Crippen molar-refractivity contribution in [3.05, 3.63) is 65.9 Å². The molecule has 0 atom stereocenters. The van der Waals surface area contributed by atoms with Gasteiger partial charge in [0.1, 0.15) is 11.4 Å². The molecule has 1 fully saturated rings. The summed E-state index contributed by atoms with van der Waals surface area (Å²) in [6.45, 7) is 2.20. The van der Waals surface area contributed by atoms with Crippen LogP contribution in [0.3, 0.4) is 0 Å². The van der Waals surface area contributed by atoms with E-state index in [0.717, 1.165) is 22.2 Å². The van der Waals surface area contributed by atoms with Gasteiger partial charge in [-0.05, 0) is 12.1 Å². The molecule has 3 amide bonds. The van der Waals surface area contributed by atoms with Crippen LogP contribution in [0.5, 0.6) is 5.75 Å². The molecule has 7 nitrogen and oxygen atoms in total. The number of hydrogen-bond acceptors (Lipinski definition) is 3. The third kappa shape index (κ3) is 3.57. The molecule has 3 aromatic rings. The molecular weight excluding hydrogens is 404 g/mol. The number of nitrogens with zero attached hydrogens (tertiary/aromatic N) is 3. The topological polar surface area (TPSA) is 68.9 Å². The van der Waals surface area contributed by atoms with Crippen LogP contribution in [0.2, 0.25) is 0 Å². The Bertz CT molecular complexity index is 1160. The first-order chi connectivity index (χ1) is 15.5. The van der Waals surface area contributed by atoms with Gasteiger partial charge in [0.15, 0.2) is 0 Å². The molecule has 0 unspecified atom stereocenters. The molecule has 1 spiro atoms. The van der Waals surface area contributed by atoms with Gasteiger partial charge in [0.05, 0.1) is 18.7 Å². The molecule has 3 heterocycles. The minimum absolute atomic E-state index is 0.0259.